The van der Waals surface area contributed by atoms with Crippen LogP contribution in [-0.4, -0.2) is 39.2 Å². The predicted octanol–water partition coefficient (Wildman–Crippen LogP) is 1.07. The maximum Gasteiger partial charge on any atom is 0.258 e. The first-order valence-electron chi connectivity index (χ1n) is 5.82. The lowest BCUT2D eigenvalue weighted by atomic mass is 10.2. The number of rotatable bonds is 2. The summed E-state index contributed by atoms with van der Waals surface area (Å²) in [6, 6.07) is 4.63. The second kappa shape index (κ2) is 4.95. The SMILES string of the molecule is CS(=O)(=O)c1nc(N)n2nc(-c3cccc(Br)c3F)nc2n1. The van der Waals surface area contributed by atoms with Crippen molar-refractivity contribution >= 4 is 37.5 Å². The highest BCUT2D eigenvalue weighted by Gasteiger charge is 2.19. The van der Waals surface area contributed by atoms with Gasteiger partial charge in [0.25, 0.3) is 10.9 Å². The first kappa shape index (κ1) is 14.8. The normalized spacial score (nSPS) is 12.0. The van der Waals surface area contributed by atoms with E-state index in [0.29, 0.717) is 0 Å². The number of nitrogen functional groups attached to an aromatic ring is 1. The van der Waals surface area contributed by atoms with Gasteiger partial charge < -0.3 is 5.73 Å². The Morgan fingerprint density at radius 1 is 1.27 bits per heavy atom. The molecule has 8 nitrogen and oxygen atoms in total. The summed E-state index contributed by atoms with van der Waals surface area (Å²) in [7, 11) is -3.65. The zero-order valence-electron chi connectivity index (χ0n) is 11.0. The molecule has 0 spiro atoms. The number of nitrogens with two attached hydrogens (primary N) is 1. The van der Waals surface area contributed by atoms with Crippen molar-refractivity contribution in [3.63, 3.8) is 0 Å². The van der Waals surface area contributed by atoms with Crippen LogP contribution in [-0.2, 0) is 9.84 Å². The van der Waals surface area contributed by atoms with Gasteiger partial charge >= 0.3 is 0 Å². The largest absolute Gasteiger partial charge is 0.368 e. The average molecular weight is 387 g/mol. The Labute approximate surface area is 132 Å². The number of hydrogen-bond acceptors (Lipinski definition) is 7. The molecule has 1 aromatic carbocycles. The first-order chi connectivity index (χ1) is 10.3. The molecule has 0 fully saturated rings. The van der Waals surface area contributed by atoms with Gasteiger partial charge in [0.15, 0.2) is 5.82 Å². The highest BCUT2D eigenvalue weighted by Crippen LogP contribution is 2.26. The minimum Gasteiger partial charge on any atom is -0.368 e. The number of aromatic nitrogens is 5. The standard InChI is InChI=1S/C11H8BrFN6O2S/c1-22(20,21)11-16-9(14)19-10(17-11)15-8(18-19)5-3-2-4-6(12)7(5)13/h2-4H,1H3,(H2,14,15,16,17,18). The summed E-state index contributed by atoms with van der Waals surface area (Å²) in [6.45, 7) is 0. The van der Waals surface area contributed by atoms with Crippen LogP contribution in [0, 0.1) is 5.82 Å². The quantitative estimate of drug-likeness (QED) is 0.699. The van der Waals surface area contributed by atoms with Crippen molar-refractivity contribution in [1.82, 2.24) is 24.6 Å². The van der Waals surface area contributed by atoms with Crippen molar-refractivity contribution in [2.45, 2.75) is 5.16 Å². The monoisotopic (exact) mass is 386 g/mol. The molecule has 0 atom stereocenters. The van der Waals surface area contributed by atoms with Crippen LogP contribution in [0.1, 0.15) is 0 Å². The summed E-state index contributed by atoms with van der Waals surface area (Å²) >= 11 is 3.07. The number of benzene rings is 1. The van der Waals surface area contributed by atoms with Gasteiger partial charge in [-0.3, -0.25) is 0 Å². The molecule has 0 saturated carbocycles. The van der Waals surface area contributed by atoms with Crippen LogP contribution in [0.15, 0.2) is 27.8 Å². The predicted molar refractivity (Wildman–Crippen MR) is 79.2 cm³/mol. The fourth-order valence-corrected chi connectivity index (χ4v) is 2.62. The van der Waals surface area contributed by atoms with E-state index in [9.17, 15) is 12.8 Å². The van der Waals surface area contributed by atoms with Gasteiger partial charge in [0, 0.05) is 6.26 Å². The Morgan fingerprint density at radius 2 is 2.00 bits per heavy atom. The number of halogens is 2. The first-order valence-corrected chi connectivity index (χ1v) is 8.50. The zero-order chi connectivity index (χ0) is 16.1. The Balaban J connectivity index is 2.26. The van der Waals surface area contributed by atoms with Crippen LogP contribution in [0.25, 0.3) is 17.2 Å². The zero-order valence-corrected chi connectivity index (χ0v) is 13.4. The third-order valence-corrected chi connectivity index (χ3v) is 4.20. The maximum atomic E-state index is 14.1. The number of nitrogens with zero attached hydrogens (tertiary/aromatic N) is 5. The molecule has 0 aliphatic carbocycles. The molecule has 0 unspecified atom stereocenters. The molecule has 2 heterocycles. The lowest BCUT2D eigenvalue weighted by Crippen LogP contribution is -2.11. The summed E-state index contributed by atoms with van der Waals surface area (Å²) in [6.07, 6.45) is 0.948. The van der Waals surface area contributed by atoms with E-state index in [-0.39, 0.29) is 27.6 Å². The van der Waals surface area contributed by atoms with Gasteiger partial charge in [-0.15, -0.1) is 5.10 Å². The van der Waals surface area contributed by atoms with Crippen molar-refractivity contribution in [2.24, 2.45) is 0 Å². The van der Waals surface area contributed by atoms with Gasteiger partial charge in [0.2, 0.25) is 15.8 Å². The lowest BCUT2D eigenvalue weighted by Gasteiger charge is -1.99. The third kappa shape index (κ3) is 2.41. The molecule has 3 rings (SSSR count). The van der Waals surface area contributed by atoms with Crippen LogP contribution < -0.4 is 5.73 Å². The maximum absolute atomic E-state index is 14.1. The van der Waals surface area contributed by atoms with E-state index < -0.39 is 20.8 Å². The molecule has 2 aromatic heterocycles. The molecular weight excluding hydrogens is 379 g/mol. The number of sulfone groups is 1. The molecule has 0 bridgehead atoms. The van der Waals surface area contributed by atoms with Crippen LogP contribution in [0.3, 0.4) is 0 Å². The fourth-order valence-electron chi connectivity index (χ4n) is 1.74. The second-order valence-corrected chi connectivity index (χ2v) is 7.15. The van der Waals surface area contributed by atoms with Gasteiger partial charge in [0.1, 0.15) is 5.82 Å². The Morgan fingerprint density at radius 3 is 2.68 bits per heavy atom. The second-order valence-electron chi connectivity index (χ2n) is 4.39. The molecule has 3 aromatic rings. The highest BCUT2D eigenvalue weighted by molar-refractivity contribution is 9.10. The fraction of sp³-hybridized carbons (Fsp3) is 0.0909. The van der Waals surface area contributed by atoms with Gasteiger partial charge in [0.05, 0.1) is 10.0 Å². The van der Waals surface area contributed by atoms with E-state index in [0.717, 1.165) is 10.8 Å². The van der Waals surface area contributed by atoms with Gasteiger partial charge in [-0.25, -0.2) is 12.8 Å². The van der Waals surface area contributed by atoms with E-state index in [2.05, 4.69) is 36.0 Å². The van der Waals surface area contributed by atoms with E-state index in [1.54, 1.807) is 6.07 Å². The smallest absolute Gasteiger partial charge is 0.258 e. The molecule has 0 aliphatic heterocycles. The minimum absolute atomic E-state index is 0.0189. The molecule has 2 N–H and O–H groups in total. The molecule has 11 heteroatoms. The van der Waals surface area contributed by atoms with Crippen LogP contribution in [0.4, 0.5) is 10.3 Å². The van der Waals surface area contributed by atoms with Crippen LogP contribution >= 0.6 is 15.9 Å². The molecule has 0 radical (unpaired) electrons. The minimum atomic E-state index is -3.65. The molecule has 0 amide bonds. The van der Waals surface area contributed by atoms with E-state index in [4.69, 9.17) is 5.73 Å². The molecule has 0 saturated heterocycles. The Kier molecular flexibility index (Phi) is 3.33. The summed E-state index contributed by atoms with van der Waals surface area (Å²) < 4.78 is 38.4. The van der Waals surface area contributed by atoms with E-state index in [1.165, 1.54) is 12.1 Å². The van der Waals surface area contributed by atoms with Gasteiger partial charge in [-0.2, -0.15) is 19.5 Å². The van der Waals surface area contributed by atoms with Crippen LogP contribution in [0.2, 0.25) is 0 Å². The molecule has 22 heavy (non-hydrogen) atoms. The van der Waals surface area contributed by atoms with E-state index in [1.807, 2.05) is 0 Å². The van der Waals surface area contributed by atoms with Crippen molar-refractivity contribution in [3.05, 3.63) is 28.5 Å². The molecule has 0 aliphatic rings. The van der Waals surface area contributed by atoms with Gasteiger partial charge in [-0.05, 0) is 28.1 Å². The van der Waals surface area contributed by atoms with Crippen LogP contribution in [0.5, 0.6) is 0 Å². The number of anilines is 1. The summed E-state index contributed by atoms with van der Waals surface area (Å²) in [5.41, 5.74) is 5.78. The average Bonchev–Trinajstić information content (AvgIpc) is 2.85. The number of hydrogen-bond donors (Lipinski definition) is 1. The van der Waals surface area contributed by atoms with Gasteiger partial charge in [-0.1, -0.05) is 6.07 Å². The number of fused-ring (bicyclic) bond motifs is 1. The van der Waals surface area contributed by atoms with E-state index >= 15 is 0 Å². The summed E-state index contributed by atoms with van der Waals surface area (Å²) in [4.78, 5) is 11.5. The van der Waals surface area contributed by atoms with Crippen molar-refractivity contribution in [3.8, 4) is 11.4 Å². The highest BCUT2D eigenvalue weighted by atomic mass is 79.9. The lowest BCUT2D eigenvalue weighted by molar-refractivity contribution is 0.592. The Hall–Kier alpha value is -2.14. The van der Waals surface area contributed by atoms with Crippen molar-refractivity contribution < 1.29 is 12.8 Å². The molecule has 114 valence electrons. The summed E-state index contributed by atoms with van der Waals surface area (Å²) in [5, 5.41) is 3.54. The van der Waals surface area contributed by atoms with Crippen molar-refractivity contribution in [2.75, 3.05) is 12.0 Å². The summed E-state index contributed by atoms with van der Waals surface area (Å²) in [5.74, 6) is -0.819. The third-order valence-electron chi connectivity index (χ3n) is 2.74. The molecular formula is C11H8BrFN6O2S. The van der Waals surface area contributed by atoms with Crippen molar-refractivity contribution in [1.29, 1.82) is 0 Å². The topological polar surface area (TPSA) is 116 Å². The Bertz CT molecular complexity index is 1000.